The van der Waals surface area contributed by atoms with Crippen LogP contribution in [0.1, 0.15) is 25.0 Å². The number of rotatable bonds is 4. The van der Waals surface area contributed by atoms with Gasteiger partial charge in [0.05, 0.1) is 5.25 Å². The van der Waals surface area contributed by atoms with Crippen LogP contribution in [-0.2, 0) is 16.6 Å². The highest BCUT2D eigenvalue weighted by molar-refractivity contribution is 7.90. The standard InChI is InChI=1S/C11H17NO2S/c1-9(2)15(13,14)12-8-11-6-4-10(3)5-7-11/h4-7,9,12H,8H2,1-3H3. The van der Waals surface area contributed by atoms with Gasteiger partial charge in [0, 0.05) is 6.54 Å². The fourth-order valence-corrected chi connectivity index (χ4v) is 1.76. The van der Waals surface area contributed by atoms with Gasteiger partial charge < -0.3 is 0 Å². The predicted molar refractivity (Wildman–Crippen MR) is 62.1 cm³/mol. The molecule has 1 rings (SSSR count). The quantitative estimate of drug-likeness (QED) is 0.853. The topological polar surface area (TPSA) is 46.2 Å². The van der Waals surface area contributed by atoms with Crippen LogP contribution < -0.4 is 4.72 Å². The molecule has 0 bridgehead atoms. The van der Waals surface area contributed by atoms with Gasteiger partial charge in [-0.3, -0.25) is 0 Å². The van der Waals surface area contributed by atoms with Gasteiger partial charge in [0.15, 0.2) is 0 Å². The maximum atomic E-state index is 11.5. The third-order valence-electron chi connectivity index (χ3n) is 2.22. The zero-order valence-electron chi connectivity index (χ0n) is 9.32. The third-order valence-corrected chi connectivity index (χ3v) is 4.01. The zero-order chi connectivity index (χ0) is 11.5. The van der Waals surface area contributed by atoms with E-state index in [1.54, 1.807) is 13.8 Å². The summed E-state index contributed by atoms with van der Waals surface area (Å²) in [6.07, 6.45) is 0. The van der Waals surface area contributed by atoms with E-state index in [-0.39, 0.29) is 5.25 Å². The molecule has 0 fully saturated rings. The van der Waals surface area contributed by atoms with Crippen molar-refractivity contribution in [2.45, 2.75) is 32.6 Å². The van der Waals surface area contributed by atoms with Gasteiger partial charge in [0.2, 0.25) is 10.0 Å². The van der Waals surface area contributed by atoms with Crippen molar-refractivity contribution in [2.24, 2.45) is 0 Å². The molecule has 84 valence electrons. The Morgan fingerprint density at radius 2 is 1.73 bits per heavy atom. The lowest BCUT2D eigenvalue weighted by molar-refractivity contribution is 0.572. The number of aryl methyl sites for hydroxylation is 1. The van der Waals surface area contributed by atoms with Crippen molar-refractivity contribution < 1.29 is 8.42 Å². The fourth-order valence-electron chi connectivity index (χ4n) is 1.06. The molecule has 1 aromatic rings. The molecule has 0 saturated carbocycles. The smallest absolute Gasteiger partial charge is 0.212 e. The maximum absolute atomic E-state index is 11.5. The molecule has 0 aliphatic rings. The van der Waals surface area contributed by atoms with Gasteiger partial charge in [0.25, 0.3) is 0 Å². The SMILES string of the molecule is Cc1ccc(CNS(=O)(=O)C(C)C)cc1. The van der Waals surface area contributed by atoms with Gasteiger partial charge in [-0.05, 0) is 26.3 Å². The number of nitrogens with one attached hydrogen (secondary N) is 1. The molecule has 1 N–H and O–H groups in total. The van der Waals surface area contributed by atoms with E-state index < -0.39 is 10.0 Å². The van der Waals surface area contributed by atoms with Crippen LogP contribution >= 0.6 is 0 Å². The molecule has 0 unspecified atom stereocenters. The van der Waals surface area contributed by atoms with Crippen molar-refractivity contribution in [1.82, 2.24) is 4.72 Å². The summed E-state index contributed by atoms with van der Waals surface area (Å²) in [5, 5.41) is -0.386. The molecule has 3 nitrogen and oxygen atoms in total. The Morgan fingerprint density at radius 3 is 2.20 bits per heavy atom. The molecular formula is C11H17NO2S. The average molecular weight is 227 g/mol. The first-order chi connectivity index (χ1) is 6.92. The summed E-state index contributed by atoms with van der Waals surface area (Å²) in [6.45, 7) is 5.69. The zero-order valence-corrected chi connectivity index (χ0v) is 10.1. The lowest BCUT2D eigenvalue weighted by atomic mass is 10.2. The van der Waals surface area contributed by atoms with Crippen molar-refractivity contribution in [3.05, 3.63) is 35.4 Å². The van der Waals surface area contributed by atoms with Crippen LogP contribution in [-0.4, -0.2) is 13.7 Å². The molecule has 0 aliphatic carbocycles. The monoisotopic (exact) mass is 227 g/mol. The van der Waals surface area contributed by atoms with E-state index in [1.165, 1.54) is 5.56 Å². The minimum atomic E-state index is -3.16. The predicted octanol–water partition coefficient (Wildman–Crippen LogP) is 1.82. The summed E-state index contributed by atoms with van der Waals surface area (Å²) < 4.78 is 25.5. The second-order valence-corrected chi connectivity index (χ2v) is 6.22. The van der Waals surface area contributed by atoms with E-state index in [0.29, 0.717) is 6.54 Å². The van der Waals surface area contributed by atoms with Gasteiger partial charge in [-0.25, -0.2) is 13.1 Å². The first kappa shape index (κ1) is 12.2. The van der Waals surface area contributed by atoms with E-state index in [1.807, 2.05) is 31.2 Å². The van der Waals surface area contributed by atoms with Gasteiger partial charge in [-0.1, -0.05) is 29.8 Å². The van der Waals surface area contributed by atoms with Crippen LogP contribution in [0.2, 0.25) is 0 Å². The average Bonchev–Trinajstić information content (AvgIpc) is 2.17. The molecule has 0 aliphatic heterocycles. The lowest BCUT2D eigenvalue weighted by Crippen LogP contribution is -2.30. The highest BCUT2D eigenvalue weighted by Gasteiger charge is 2.14. The normalized spacial score (nSPS) is 12.0. The van der Waals surface area contributed by atoms with E-state index in [0.717, 1.165) is 5.56 Å². The Bertz CT molecular complexity index is 407. The molecule has 0 aromatic heterocycles. The van der Waals surface area contributed by atoms with Crippen molar-refractivity contribution >= 4 is 10.0 Å². The van der Waals surface area contributed by atoms with Gasteiger partial charge in [-0.15, -0.1) is 0 Å². The third kappa shape index (κ3) is 3.64. The van der Waals surface area contributed by atoms with E-state index in [4.69, 9.17) is 0 Å². The summed E-state index contributed by atoms with van der Waals surface area (Å²) in [5.74, 6) is 0. The van der Waals surface area contributed by atoms with Crippen LogP contribution in [0.3, 0.4) is 0 Å². The summed E-state index contributed by atoms with van der Waals surface area (Å²) in [5.41, 5.74) is 2.15. The van der Waals surface area contributed by atoms with Crippen molar-refractivity contribution in [3.8, 4) is 0 Å². The fraction of sp³-hybridized carbons (Fsp3) is 0.455. The first-order valence-electron chi connectivity index (χ1n) is 4.96. The van der Waals surface area contributed by atoms with Gasteiger partial charge in [-0.2, -0.15) is 0 Å². The first-order valence-corrected chi connectivity index (χ1v) is 6.50. The summed E-state index contributed by atoms with van der Waals surface area (Å²) in [6, 6.07) is 7.80. The minimum absolute atomic E-state index is 0.362. The van der Waals surface area contributed by atoms with Crippen LogP contribution in [0.4, 0.5) is 0 Å². The Kier molecular flexibility index (Phi) is 3.88. The Hall–Kier alpha value is -0.870. The summed E-state index contributed by atoms with van der Waals surface area (Å²) >= 11 is 0. The number of hydrogen-bond acceptors (Lipinski definition) is 2. The van der Waals surface area contributed by atoms with E-state index >= 15 is 0 Å². The lowest BCUT2D eigenvalue weighted by Gasteiger charge is -2.09. The summed E-state index contributed by atoms with van der Waals surface area (Å²) in [4.78, 5) is 0. The highest BCUT2D eigenvalue weighted by Crippen LogP contribution is 2.04. The van der Waals surface area contributed by atoms with Gasteiger partial charge in [0.1, 0.15) is 0 Å². The summed E-state index contributed by atoms with van der Waals surface area (Å²) in [7, 11) is -3.16. The van der Waals surface area contributed by atoms with Crippen LogP contribution in [0.15, 0.2) is 24.3 Å². The van der Waals surface area contributed by atoms with Crippen molar-refractivity contribution in [3.63, 3.8) is 0 Å². The van der Waals surface area contributed by atoms with Crippen molar-refractivity contribution in [1.29, 1.82) is 0 Å². The molecule has 0 heterocycles. The van der Waals surface area contributed by atoms with E-state index in [9.17, 15) is 8.42 Å². The molecule has 0 atom stereocenters. The van der Waals surface area contributed by atoms with Crippen molar-refractivity contribution in [2.75, 3.05) is 0 Å². The Labute approximate surface area is 91.6 Å². The minimum Gasteiger partial charge on any atom is -0.212 e. The Morgan fingerprint density at radius 1 is 1.20 bits per heavy atom. The number of hydrogen-bond donors (Lipinski definition) is 1. The maximum Gasteiger partial charge on any atom is 0.214 e. The second-order valence-electron chi connectivity index (χ2n) is 3.90. The molecular weight excluding hydrogens is 210 g/mol. The molecule has 4 heteroatoms. The van der Waals surface area contributed by atoms with Crippen LogP contribution in [0.5, 0.6) is 0 Å². The molecule has 15 heavy (non-hydrogen) atoms. The van der Waals surface area contributed by atoms with E-state index in [2.05, 4.69) is 4.72 Å². The van der Waals surface area contributed by atoms with Crippen LogP contribution in [0.25, 0.3) is 0 Å². The van der Waals surface area contributed by atoms with Crippen LogP contribution in [0, 0.1) is 6.92 Å². The highest BCUT2D eigenvalue weighted by atomic mass is 32.2. The molecule has 0 amide bonds. The molecule has 1 aromatic carbocycles. The number of benzene rings is 1. The molecule has 0 spiro atoms. The molecule has 0 radical (unpaired) electrons. The molecule has 0 saturated heterocycles. The second kappa shape index (κ2) is 4.77. The Balaban J connectivity index is 2.62. The van der Waals surface area contributed by atoms with Gasteiger partial charge >= 0.3 is 0 Å². The number of sulfonamides is 1. The largest absolute Gasteiger partial charge is 0.214 e.